The van der Waals surface area contributed by atoms with Crippen molar-refractivity contribution in [2.24, 2.45) is 11.8 Å². The molecule has 1 aromatic rings. The molecule has 1 N–H and O–H groups in total. The fraction of sp³-hybridized carbons (Fsp3) is 0.632. The summed E-state index contributed by atoms with van der Waals surface area (Å²) in [7, 11) is 1.70. The van der Waals surface area contributed by atoms with Crippen LogP contribution in [0, 0.1) is 11.8 Å². The summed E-state index contributed by atoms with van der Waals surface area (Å²) in [5.74, 6) is -2.83. The largest absolute Gasteiger partial charge is 0.455 e. The van der Waals surface area contributed by atoms with E-state index in [1.165, 1.54) is 0 Å². The zero-order valence-corrected chi connectivity index (χ0v) is 29.2. The lowest BCUT2D eigenvalue weighted by atomic mass is 9.70. The van der Waals surface area contributed by atoms with E-state index in [0.717, 1.165) is 18.4 Å². The molecule has 0 aliphatic carbocycles. The number of unbranched alkanes of at least 4 members (excludes halogenated alkanes) is 2. The maximum atomic E-state index is 14.6. The maximum Gasteiger partial charge on any atom is 0.313 e. The molecule has 2 bridgehead atoms. The molecule has 0 saturated carbocycles. The van der Waals surface area contributed by atoms with E-state index < -0.39 is 47.7 Å². The van der Waals surface area contributed by atoms with Crippen LogP contribution in [-0.4, -0.2) is 100 Å². The smallest absolute Gasteiger partial charge is 0.313 e. The van der Waals surface area contributed by atoms with E-state index >= 15 is 0 Å². The summed E-state index contributed by atoms with van der Waals surface area (Å²) >= 11 is 0. The van der Waals surface area contributed by atoms with E-state index in [9.17, 15) is 24.3 Å². The van der Waals surface area contributed by atoms with Crippen molar-refractivity contribution in [3.05, 3.63) is 61.2 Å². The average molecular weight is 666 g/mol. The normalized spacial score (nSPS) is 26.0. The molecule has 1 aromatic carbocycles. The number of carbonyl (C=O) groups is 4. The predicted octanol–water partition coefficient (Wildman–Crippen LogP) is 4.82. The van der Waals surface area contributed by atoms with Gasteiger partial charge in [-0.25, -0.2) is 0 Å². The molecule has 3 aliphatic rings. The van der Waals surface area contributed by atoms with Crippen molar-refractivity contribution in [2.75, 3.05) is 26.7 Å². The number of aliphatic hydroxyl groups is 1. The van der Waals surface area contributed by atoms with Gasteiger partial charge >= 0.3 is 5.97 Å². The fourth-order valence-electron chi connectivity index (χ4n) is 7.99. The monoisotopic (exact) mass is 665 g/mol. The van der Waals surface area contributed by atoms with Gasteiger partial charge in [0.15, 0.2) is 0 Å². The predicted molar refractivity (Wildman–Crippen MR) is 183 cm³/mol. The van der Waals surface area contributed by atoms with Gasteiger partial charge in [-0.1, -0.05) is 55.8 Å². The fourth-order valence-corrected chi connectivity index (χ4v) is 7.99. The molecular formula is C38H55N3O7. The first-order valence-electron chi connectivity index (χ1n) is 17.7. The lowest BCUT2D eigenvalue weighted by molar-refractivity contribution is -0.164. The summed E-state index contributed by atoms with van der Waals surface area (Å²) in [5, 5.41) is 9.35. The number of rotatable bonds is 19. The number of amides is 3. The zero-order valence-electron chi connectivity index (χ0n) is 29.2. The number of benzene rings is 1. The van der Waals surface area contributed by atoms with Gasteiger partial charge in [0.2, 0.25) is 17.7 Å². The Bertz CT molecular complexity index is 1300. The van der Waals surface area contributed by atoms with Crippen LogP contribution in [0.3, 0.4) is 0 Å². The van der Waals surface area contributed by atoms with E-state index in [4.69, 9.17) is 9.47 Å². The summed E-state index contributed by atoms with van der Waals surface area (Å²) in [6, 6.07) is 7.89. The molecule has 0 radical (unpaired) electrons. The van der Waals surface area contributed by atoms with Crippen molar-refractivity contribution in [3.63, 3.8) is 0 Å². The van der Waals surface area contributed by atoms with Crippen LogP contribution in [0.4, 0.5) is 0 Å². The first-order valence-corrected chi connectivity index (χ1v) is 17.7. The Labute approximate surface area is 286 Å². The number of nitrogens with zero attached hydrogens (tertiary/aromatic N) is 3. The van der Waals surface area contributed by atoms with Gasteiger partial charge in [-0.3, -0.25) is 19.2 Å². The van der Waals surface area contributed by atoms with Crippen LogP contribution in [0.5, 0.6) is 0 Å². The quantitative estimate of drug-likeness (QED) is 0.128. The highest BCUT2D eigenvalue weighted by atomic mass is 16.6. The molecule has 48 heavy (non-hydrogen) atoms. The molecule has 3 aliphatic heterocycles. The van der Waals surface area contributed by atoms with Gasteiger partial charge in [0.1, 0.15) is 17.7 Å². The standard InChI is InChI=1S/C38H55N3O7/c1-7-10-20-30(43)39(6)27(5)33(28-18-13-11-14-19-28)47-37(46)31-29-21-22-38(48-29)32(31)35(44)41(24-15-12-16-25-42)34(38)36(45)40(23-9-3)26(4)17-8-2/h7,9,11,13-14,18-19,26-27,29,31-34,42H,1,3,8,10,12,15-17,20-25H2,2,4-6H3/t26?,27-,29+,31-,32-,33+,34+,38-/m1/s1. The summed E-state index contributed by atoms with van der Waals surface area (Å²) in [6.45, 7) is 14.3. The summed E-state index contributed by atoms with van der Waals surface area (Å²) in [6.07, 6.45) is 7.53. The number of hydrogen-bond acceptors (Lipinski definition) is 7. The number of fused-ring (bicyclic) bond motifs is 1. The van der Waals surface area contributed by atoms with Crippen LogP contribution in [0.2, 0.25) is 0 Å². The van der Waals surface area contributed by atoms with E-state index in [-0.39, 0.29) is 30.4 Å². The molecule has 8 atom stereocenters. The molecule has 3 saturated heterocycles. The summed E-state index contributed by atoms with van der Waals surface area (Å²) in [5.41, 5.74) is -0.405. The summed E-state index contributed by atoms with van der Waals surface area (Å²) < 4.78 is 13.0. The van der Waals surface area contributed by atoms with Crippen LogP contribution in [0.25, 0.3) is 0 Å². The Morgan fingerprint density at radius 3 is 2.52 bits per heavy atom. The second-order valence-electron chi connectivity index (χ2n) is 13.6. The van der Waals surface area contributed by atoms with Crippen molar-refractivity contribution in [1.29, 1.82) is 0 Å². The molecule has 1 unspecified atom stereocenters. The van der Waals surface area contributed by atoms with E-state index in [1.54, 1.807) is 33.9 Å². The zero-order chi connectivity index (χ0) is 35.0. The van der Waals surface area contributed by atoms with Crippen molar-refractivity contribution >= 4 is 23.7 Å². The molecule has 4 rings (SSSR count). The van der Waals surface area contributed by atoms with E-state index in [0.29, 0.717) is 58.0 Å². The van der Waals surface area contributed by atoms with Gasteiger partial charge < -0.3 is 29.3 Å². The Morgan fingerprint density at radius 1 is 1.15 bits per heavy atom. The molecule has 264 valence electrons. The minimum atomic E-state index is -1.14. The SMILES string of the molecule is C=CCCC(=O)N(C)[C@H](C)[C@H](OC(=O)[C@@H]1[C@@H]2CC[C@]3(O2)[C@H](C(=O)N(CC=C)C(C)CCC)N(CCCCCO)C(=O)[C@@H]13)c1ccccc1. The molecule has 3 amide bonds. The average Bonchev–Trinajstić information content (AvgIpc) is 3.73. The van der Waals surface area contributed by atoms with Gasteiger partial charge in [-0.05, 0) is 64.4 Å². The van der Waals surface area contributed by atoms with Crippen molar-refractivity contribution in [3.8, 4) is 0 Å². The highest BCUT2D eigenvalue weighted by molar-refractivity contribution is 5.98. The minimum absolute atomic E-state index is 0.0548. The first-order chi connectivity index (χ1) is 23.1. The molecule has 1 spiro atoms. The Balaban J connectivity index is 1.67. The van der Waals surface area contributed by atoms with Crippen LogP contribution >= 0.6 is 0 Å². The number of ether oxygens (including phenoxy) is 2. The topological polar surface area (TPSA) is 117 Å². The van der Waals surface area contributed by atoms with Crippen molar-refractivity contribution < 1.29 is 33.8 Å². The van der Waals surface area contributed by atoms with E-state index in [2.05, 4.69) is 20.1 Å². The lowest BCUT2D eigenvalue weighted by Crippen LogP contribution is -2.57. The molecule has 3 fully saturated rings. The Morgan fingerprint density at radius 2 is 1.88 bits per heavy atom. The Kier molecular flexibility index (Phi) is 13.0. The van der Waals surface area contributed by atoms with Crippen LogP contribution in [0.1, 0.15) is 90.2 Å². The van der Waals surface area contributed by atoms with Crippen molar-refractivity contribution in [2.45, 2.75) is 114 Å². The highest BCUT2D eigenvalue weighted by Gasteiger charge is 2.75. The maximum absolute atomic E-state index is 14.6. The van der Waals surface area contributed by atoms with Gasteiger partial charge in [-0.15, -0.1) is 13.2 Å². The van der Waals surface area contributed by atoms with Crippen LogP contribution < -0.4 is 0 Å². The van der Waals surface area contributed by atoms with Crippen LogP contribution in [0.15, 0.2) is 55.6 Å². The number of hydrogen-bond donors (Lipinski definition) is 1. The summed E-state index contributed by atoms with van der Waals surface area (Å²) in [4.78, 5) is 61.4. The number of aliphatic hydroxyl groups excluding tert-OH is 1. The number of likely N-dealkylation sites (tertiary alicyclic amines) is 1. The second-order valence-corrected chi connectivity index (χ2v) is 13.6. The van der Waals surface area contributed by atoms with Gasteiger partial charge in [-0.2, -0.15) is 0 Å². The molecule has 0 aromatic heterocycles. The third kappa shape index (κ3) is 7.39. The first kappa shape index (κ1) is 37.3. The third-order valence-corrected chi connectivity index (χ3v) is 10.6. The second kappa shape index (κ2) is 16.7. The van der Waals surface area contributed by atoms with Gasteiger partial charge in [0, 0.05) is 39.2 Å². The Hall–Kier alpha value is -3.50. The highest BCUT2D eigenvalue weighted by Crippen LogP contribution is 2.59. The van der Waals surface area contributed by atoms with E-state index in [1.807, 2.05) is 44.2 Å². The molecule has 3 heterocycles. The minimum Gasteiger partial charge on any atom is -0.455 e. The third-order valence-electron chi connectivity index (χ3n) is 10.6. The molecular weight excluding hydrogens is 610 g/mol. The van der Waals surface area contributed by atoms with Crippen LogP contribution in [-0.2, 0) is 28.7 Å². The van der Waals surface area contributed by atoms with Crippen molar-refractivity contribution in [1.82, 2.24) is 14.7 Å². The number of esters is 1. The molecule has 10 heteroatoms. The number of carbonyl (C=O) groups excluding carboxylic acids is 4. The number of allylic oxidation sites excluding steroid dienone is 1. The van der Waals surface area contributed by atoms with Gasteiger partial charge in [0.05, 0.1) is 24.0 Å². The lowest BCUT2D eigenvalue weighted by Gasteiger charge is -2.39. The number of likely N-dealkylation sites (N-methyl/N-ethyl adjacent to an activating group) is 1. The van der Waals surface area contributed by atoms with Gasteiger partial charge in [0.25, 0.3) is 0 Å². The molecule has 10 nitrogen and oxygen atoms in total.